The van der Waals surface area contributed by atoms with Gasteiger partial charge >= 0.3 is 0 Å². The minimum atomic E-state index is 0.168. The van der Waals surface area contributed by atoms with Crippen LogP contribution in [0.3, 0.4) is 0 Å². The van der Waals surface area contributed by atoms with Gasteiger partial charge in [-0.25, -0.2) is 0 Å². The highest BCUT2D eigenvalue weighted by Gasteiger charge is 2.39. The van der Waals surface area contributed by atoms with E-state index in [1.54, 1.807) is 0 Å². The van der Waals surface area contributed by atoms with E-state index in [1.807, 2.05) is 18.2 Å². The van der Waals surface area contributed by atoms with E-state index >= 15 is 0 Å². The molecule has 1 amide bonds. The van der Waals surface area contributed by atoms with E-state index in [2.05, 4.69) is 31.3 Å². The summed E-state index contributed by atoms with van der Waals surface area (Å²) in [7, 11) is 0. The molecule has 0 radical (unpaired) electrons. The van der Waals surface area contributed by atoms with Gasteiger partial charge in [-0.2, -0.15) is 0 Å². The third-order valence-corrected chi connectivity index (χ3v) is 3.37. The maximum absolute atomic E-state index is 11.8. The number of hydrogen-bond donors (Lipinski definition) is 1. The predicted molar refractivity (Wildman–Crippen MR) is 64.9 cm³/mol. The Morgan fingerprint density at radius 1 is 1.44 bits per heavy atom. The fraction of sp³-hybridized carbons (Fsp3) is 0.500. The molecule has 0 spiro atoms. The summed E-state index contributed by atoms with van der Waals surface area (Å²) in [5.41, 5.74) is 1.20. The third-order valence-electron chi connectivity index (χ3n) is 3.37. The average molecular weight is 217 g/mol. The molecule has 2 rings (SSSR count). The van der Waals surface area contributed by atoms with E-state index < -0.39 is 0 Å². The van der Waals surface area contributed by atoms with Gasteiger partial charge in [0, 0.05) is 5.92 Å². The molecule has 0 aliphatic heterocycles. The summed E-state index contributed by atoms with van der Waals surface area (Å²) < 4.78 is 0. The number of rotatable bonds is 4. The molecule has 1 aromatic carbocycles. The van der Waals surface area contributed by atoms with Gasteiger partial charge in [0.05, 0.1) is 6.04 Å². The smallest absolute Gasteiger partial charge is 0.223 e. The van der Waals surface area contributed by atoms with Gasteiger partial charge in [0.2, 0.25) is 5.91 Å². The zero-order valence-corrected chi connectivity index (χ0v) is 9.94. The van der Waals surface area contributed by atoms with Gasteiger partial charge in [-0.05, 0) is 24.3 Å². The predicted octanol–water partition coefficient (Wildman–Crippen LogP) is 2.91. The van der Waals surface area contributed by atoms with E-state index in [1.165, 1.54) is 5.56 Å². The molecule has 1 N–H and O–H groups in total. The lowest BCUT2D eigenvalue weighted by Gasteiger charge is -2.17. The molecule has 1 aliphatic rings. The van der Waals surface area contributed by atoms with Gasteiger partial charge in [-0.1, -0.05) is 44.2 Å². The zero-order chi connectivity index (χ0) is 11.5. The number of hydrogen-bond acceptors (Lipinski definition) is 1. The van der Waals surface area contributed by atoms with Gasteiger partial charge in [0.25, 0.3) is 0 Å². The molecule has 2 heteroatoms. The van der Waals surface area contributed by atoms with Crippen LogP contribution in [0.1, 0.15) is 38.3 Å². The molecule has 0 unspecified atom stereocenters. The number of amides is 1. The van der Waals surface area contributed by atoms with Crippen molar-refractivity contribution in [2.45, 2.75) is 32.7 Å². The first-order chi connectivity index (χ1) is 7.72. The van der Waals surface area contributed by atoms with Crippen molar-refractivity contribution in [1.82, 2.24) is 5.32 Å². The van der Waals surface area contributed by atoms with E-state index in [9.17, 15) is 4.79 Å². The van der Waals surface area contributed by atoms with Gasteiger partial charge in [-0.15, -0.1) is 0 Å². The Morgan fingerprint density at radius 3 is 2.56 bits per heavy atom. The van der Waals surface area contributed by atoms with Gasteiger partial charge in [0.1, 0.15) is 0 Å². The second-order valence-corrected chi connectivity index (χ2v) is 4.70. The van der Waals surface area contributed by atoms with E-state index in [0.29, 0.717) is 5.92 Å². The highest BCUT2D eigenvalue weighted by atomic mass is 16.2. The molecule has 86 valence electrons. The number of nitrogens with one attached hydrogen (secondary N) is 1. The van der Waals surface area contributed by atoms with Crippen LogP contribution in [-0.2, 0) is 4.79 Å². The largest absolute Gasteiger partial charge is 0.349 e. The summed E-state index contributed by atoms with van der Waals surface area (Å²) in [6.45, 7) is 4.24. The molecular formula is C14H19NO. The molecule has 16 heavy (non-hydrogen) atoms. The second kappa shape index (κ2) is 4.69. The van der Waals surface area contributed by atoms with Gasteiger partial charge in [0.15, 0.2) is 0 Å². The molecule has 2 nitrogen and oxygen atoms in total. The minimum absolute atomic E-state index is 0.168. The van der Waals surface area contributed by atoms with Crippen LogP contribution in [0.15, 0.2) is 30.3 Å². The summed E-state index contributed by atoms with van der Waals surface area (Å²) in [4.78, 5) is 11.8. The van der Waals surface area contributed by atoms with Crippen LogP contribution in [-0.4, -0.2) is 5.91 Å². The normalized spacial score (nSPS) is 24.9. The summed E-state index contributed by atoms with van der Waals surface area (Å²) in [6.07, 6.45) is 1.99. The molecule has 1 aromatic rings. The van der Waals surface area contributed by atoms with Crippen LogP contribution in [0.25, 0.3) is 0 Å². The van der Waals surface area contributed by atoms with Crippen molar-refractivity contribution in [3.8, 4) is 0 Å². The third kappa shape index (κ3) is 2.43. The van der Waals surface area contributed by atoms with Crippen molar-refractivity contribution in [2.75, 3.05) is 0 Å². The summed E-state index contributed by atoms with van der Waals surface area (Å²) in [5.74, 6) is 1.06. The molecule has 1 aliphatic carbocycles. The zero-order valence-electron chi connectivity index (χ0n) is 9.94. The lowest BCUT2D eigenvalue weighted by Crippen LogP contribution is -2.29. The summed E-state index contributed by atoms with van der Waals surface area (Å²) in [6, 6.07) is 10.4. The van der Waals surface area contributed by atoms with E-state index in [-0.39, 0.29) is 17.9 Å². The van der Waals surface area contributed by atoms with Crippen molar-refractivity contribution in [1.29, 1.82) is 0 Å². The first-order valence-corrected chi connectivity index (χ1v) is 6.07. The summed E-state index contributed by atoms with van der Waals surface area (Å²) >= 11 is 0. The molecule has 1 fully saturated rings. The maximum atomic E-state index is 11.8. The highest BCUT2D eigenvalue weighted by molar-refractivity contribution is 5.81. The Bertz CT molecular complexity index is 360. The molecule has 0 bridgehead atoms. The first-order valence-electron chi connectivity index (χ1n) is 6.07. The lowest BCUT2D eigenvalue weighted by molar-refractivity contribution is -0.123. The average Bonchev–Trinajstić information content (AvgIpc) is 3.04. The molecule has 3 atom stereocenters. The van der Waals surface area contributed by atoms with Crippen molar-refractivity contribution in [3.05, 3.63) is 35.9 Å². The quantitative estimate of drug-likeness (QED) is 0.825. The second-order valence-electron chi connectivity index (χ2n) is 4.70. The lowest BCUT2D eigenvalue weighted by atomic mass is 10.0. The Balaban J connectivity index is 1.98. The first kappa shape index (κ1) is 11.2. The van der Waals surface area contributed by atoms with Crippen molar-refractivity contribution < 1.29 is 4.79 Å². The van der Waals surface area contributed by atoms with E-state index in [0.717, 1.165) is 12.8 Å². The molecule has 0 aromatic heterocycles. The van der Waals surface area contributed by atoms with Crippen LogP contribution >= 0.6 is 0 Å². The highest BCUT2D eigenvalue weighted by Crippen LogP contribution is 2.38. The van der Waals surface area contributed by atoms with Crippen LogP contribution in [0.5, 0.6) is 0 Å². The van der Waals surface area contributed by atoms with Gasteiger partial charge < -0.3 is 5.32 Å². The number of benzene rings is 1. The number of carbonyl (C=O) groups is 1. The topological polar surface area (TPSA) is 29.1 Å². The Labute approximate surface area is 97.1 Å². The molecule has 1 saturated carbocycles. The van der Waals surface area contributed by atoms with E-state index in [4.69, 9.17) is 0 Å². The number of carbonyl (C=O) groups excluding carboxylic acids is 1. The van der Waals surface area contributed by atoms with Crippen LogP contribution < -0.4 is 5.32 Å². The molecule has 0 saturated heterocycles. The monoisotopic (exact) mass is 217 g/mol. The van der Waals surface area contributed by atoms with Crippen LogP contribution in [0, 0.1) is 11.8 Å². The Kier molecular flexibility index (Phi) is 3.28. The Morgan fingerprint density at radius 2 is 2.06 bits per heavy atom. The Hall–Kier alpha value is -1.31. The minimum Gasteiger partial charge on any atom is -0.349 e. The van der Waals surface area contributed by atoms with Gasteiger partial charge in [-0.3, -0.25) is 4.79 Å². The van der Waals surface area contributed by atoms with Crippen molar-refractivity contribution in [2.24, 2.45) is 11.8 Å². The van der Waals surface area contributed by atoms with Crippen LogP contribution in [0.4, 0.5) is 0 Å². The fourth-order valence-corrected chi connectivity index (χ4v) is 2.07. The summed E-state index contributed by atoms with van der Waals surface area (Å²) in [5, 5.41) is 3.14. The van der Waals surface area contributed by atoms with Crippen molar-refractivity contribution in [3.63, 3.8) is 0 Å². The standard InChI is InChI=1S/C14H19NO/c1-3-13(11-7-5-4-6-8-11)15-14(16)12-9-10(12)2/h4-8,10,12-13H,3,9H2,1-2H3,(H,15,16)/t10-,12-,13+/m1/s1. The van der Waals surface area contributed by atoms with Crippen LogP contribution in [0.2, 0.25) is 0 Å². The maximum Gasteiger partial charge on any atom is 0.223 e. The SMILES string of the molecule is CC[C@H](NC(=O)[C@@H]1C[C@H]1C)c1ccccc1. The molecule has 0 heterocycles. The molecular weight excluding hydrogens is 198 g/mol. The van der Waals surface area contributed by atoms with Crippen molar-refractivity contribution >= 4 is 5.91 Å². The fourth-order valence-electron chi connectivity index (χ4n) is 2.07.